The minimum absolute atomic E-state index is 0.275. The molecule has 0 aliphatic heterocycles. The van der Waals surface area contributed by atoms with Crippen molar-refractivity contribution in [2.75, 3.05) is 7.11 Å². The van der Waals surface area contributed by atoms with Gasteiger partial charge in [-0.25, -0.2) is 0 Å². The summed E-state index contributed by atoms with van der Waals surface area (Å²) in [5.74, 6) is 1.77. The first-order valence-electron chi connectivity index (χ1n) is 7.55. The van der Waals surface area contributed by atoms with E-state index in [-0.39, 0.29) is 5.38 Å². The lowest BCUT2D eigenvalue weighted by Crippen LogP contribution is -2.11. The predicted octanol–water partition coefficient (Wildman–Crippen LogP) is 5.21. The number of hydrogen-bond acceptors (Lipinski definition) is 1. The molecule has 0 saturated heterocycles. The molecule has 1 saturated carbocycles. The standard InChI is InChI=1S/C17H25ClO/c1-19-17-10-8-15(9-11-17)13-16(18)12-14-6-4-2-3-5-7-14/h8-11,14,16H,2-7,12-13H2,1H3. The van der Waals surface area contributed by atoms with Gasteiger partial charge >= 0.3 is 0 Å². The molecule has 1 nitrogen and oxygen atoms in total. The van der Waals surface area contributed by atoms with E-state index in [0.717, 1.165) is 18.1 Å². The second-order valence-corrected chi connectivity index (χ2v) is 6.36. The SMILES string of the molecule is COc1ccc(CC(Cl)CC2CCCCCC2)cc1. The van der Waals surface area contributed by atoms with Crippen LogP contribution in [0.25, 0.3) is 0 Å². The lowest BCUT2D eigenvalue weighted by Gasteiger charge is -2.18. The van der Waals surface area contributed by atoms with Crippen LogP contribution in [-0.2, 0) is 6.42 Å². The van der Waals surface area contributed by atoms with Gasteiger partial charge in [-0.05, 0) is 36.5 Å². The number of methoxy groups -OCH3 is 1. The molecule has 0 N–H and O–H groups in total. The maximum absolute atomic E-state index is 6.54. The average molecular weight is 281 g/mol. The van der Waals surface area contributed by atoms with Gasteiger partial charge in [0, 0.05) is 5.38 Å². The summed E-state index contributed by atoms with van der Waals surface area (Å²) < 4.78 is 5.18. The molecule has 0 radical (unpaired) electrons. The van der Waals surface area contributed by atoms with Gasteiger partial charge in [-0.1, -0.05) is 50.7 Å². The highest BCUT2D eigenvalue weighted by molar-refractivity contribution is 6.20. The van der Waals surface area contributed by atoms with Crippen LogP contribution in [0.3, 0.4) is 0 Å². The number of halogens is 1. The fourth-order valence-corrected chi connectivity index (χ4v) is 3.49. The molecule has 1 fully saturated rings. The molecule has 0 spiro atoms. The van der Waals surface area contributed by atoms with Crippen molar-refractivity contribution in [1.82, 2.24) is 0 Å². The van der Waals surface area contributed by atoms with Crippen molar-refractivity contribution in [2.45, 2.75) is 56.7 Å². The monoisotopic (exact) mass is 280 g/mol. The molecule has 1 aromatic carbocycles. The Hall–Kier alpha value is -0.690. The van der Waals surface area contributed by atoms with Crippen molar-refractivity contribution < 1.29 is 4.74 Å². The van der Waals surface area contributed by atoms with E-state index in [1.807, 2.05) is 12.1 Å². The van der Waals surface area contributed by atoms with E-state index in [9.17, 15) is 0 Å². The largest absolute Gasteiger partial charge is 0.497 e. The van der Waals surface area contributed by atoms with Crippen molar-refractivity contribution in [3.8, 4) is 5.75 Å². The van der Waals surface area contributed by atoms with E-state index < -0.39 is 0 Å². The zero-order valence-corrected chi connectivity index (χ0v) is 12.7. The van der Waals surface area contributed by atoms with Crippen molar-refractivity contribution in [3.05, 3.63) is 29.8 Å². The first kappa shape index (κ1) is 14.7. The minimum atomic E-state index is 0.275. The van der Waals surface area contributed by atoms with Crippen molar-refractivity contribution in [1.29, 1.82) is 0 Å². The molecule has 0 amide bonds. The molecule has 2 rings (SSSR count). The molecule has 2 heteroatoms. The van der Waals surface area contributed by atoms with Gasteiger partial charge in [-0.3, -0.25) is 0 Å². The van der Waals surface area contributed by atoms with Crippen molar-refractivity contribution in [3.63, 3.8) is 0 Å². The molecule has 1 unspecified atom stereocenters. The Balaban J connectivity index is 1.80. The van der Waals surface area contributed by atoms with E-state index in [4.69, 9.17) is 16.3 Å². The highest BCUT2D eigenvalue weighted by Crippen LogP contribution is 2.29. The number of benzene rings is 1. The summed E-state index contributed by atoms with van der Waals surface area (Å²) in [5, 5.41) is 0.275. The highest BCUT2D eigenvalue weighted by Gasteiger charge is 2.17. The van der Waals surface area contributed by atoms with E-state index in [1.165, 1.54) is 50.5 Å². The second-order valence-electron chi connectivity index (χ2n) is 5.74. The van der Waals surface area contributed by atoms with Gasteiger partial charge in [0.25, 0.3) is 0 Å². The number of hydrogen-bond donors (Lipinski definition) is 0. The molecule has 0 aromatic heterocycles. The van der Waals surface area contributed by atoms with Crippen molar-refractivity contribution >= 4 is 11.6 Å². The second kappa shape index (κ2) is 7.79. The Morgan fingerprint density at radius 3 is 2.32 bits per heavy atom. The molecular formula is C17H25ClO. The quantitative estimate of drug-likeness (QED) is 0.532. The number of rotatable bonds is 5. The number of alkyl halides is 1. The fourth-order valence-electron chi connectivity index (χ4n) is 3.06. The summed E-state index contributed by atoms with van der Waals surface area (Å²) >= 11 is 6.54. The molecule has 106 valence electrons. The van der Waals surface area contributed by atoms with Crippen LogP contribution in [0, 0.1) is 5.92 Å². The van der Waals surface area contributed by atoms with E-state index in [2.05, 4.69) is 12.1 Å². The summed E-state index contributed by atoms with van der Waals surface area (Å²) in [5.41, 5.74) is 1.31. The van der Waals surface area contributed by atoms with Gasteiger partial charge in [0.1, 0.15) is 5.75 Å². The van der Waals surface area contributed by atoms with E-state index >= 15 is 0 Å². The summed E-state index contributed by atoms with van der Waals surface area (Å²) in [6, 6.07) is 8.29. The van der Waals surface area contributed by atoms with Crippen LogP contribution >= 0.6 is 11.6 Å². The zero-order chi connectivity index (χ0) is 13.5. The van der Waals surface area contributed by atoms with Gasteiger partial charge in [-0.15, -0.1) is 11.6 Å². The summed E-state index contributed by atoms with van der Waals surface area (Å²) in [7, 11) is 1.70. The zero-order valence-electron chi connectivity index (χ0n) is 11.9. The van der Waals surface area contributed by atoms with Crippen LogP contribution in [0.4, 0.5) is 0 Å². The van der Waals surface area contributed by atoms with Crippen LogP contribution in [0.1, 0.15) is 50.5 Å². The van der Waals surface area contributed by atoms with E-state index in [0.29, 0.717) is 0 Å². The van der Waals surface area contributed by atoms with Crippen LogP contribution < -0.4 is 4.74 Å². The normalized spacial score (nSPS) is 18.8. The Morgan fingerprint density at radius 1 is 1.11 bits per heavy atom. The molecule has 19 heavy (non-hydrogen) atoms. The fraction of sp³-hybridized carbons (Fsp3) is 0.647. The third kappa shape index (κ3) is 5.06. The van der Waals surface area contributed by atoms with Crippen molar-refractivity contribution in [2.24, 2.45) is 5.92 Å². The predicted molar refractivity (Wildman–Crippen MR) is 82.1 cm³/mol. The minimum Gasteiger partial charge on any atom is -0.497 e. The lowest BCUT2D eigenvalue weighted by molar-refractivity contribution is 0.413. The van der Waals surface area contributed by atoms with Crippen LogP contribution in [0.2, 0.25) is 0 Å². The molecule has 0 heterocycles. The summed E-state index contributed by atoms with van der Waals surface area (Å²) in [4.78, 5) is 0. The molecule has 1 aromatic rings. The van der Waals surface area contributed by atoms with Gasteiger partial charge in [-0.2, -0.15) is 0 Å². The summed E-state index contributed by atoms with van der Waals surface area (Å²) in [6.45, 7) is 0. The Bertz CT molecular complexity index is 352. The first-order valence-corrected chi connectivity index (χ1v) is 7.98. The van der Waals surface area contributed by atoms with Gasteiger partial charge in [0.05, 0.1) is 7.11 Å². The van der Waals surface area contributed by atoms with Gasteiger partial charge < -0.3 is 4.74 Å². The lowest BCUT2D eigenvalue weighted by atomic mass is 9.93. The summed E-state index contributed by atoms with van der Waals surface area (Å²) in [6.07, 6.45) is 10.5. The topological polar surface area (TPSA) is 9.23 Å². The maximum atomic E-state index is 6.54. The maximum Gasteiger partial charge on any atom is 0.118 e. The van der Waals surface area contributed by atoms with Crippen LogP contribution in [-0.4, -0.2) is 12.5 Å². The number of ether oxygens (including phenoxy) is 1. The Kier molecular flexibility index (Phi) is 6.03. The molecular weight excluding hydrogens is 256 g/mol. The van der Waals surface area contributed by atoms with Gasteiger partial charge in [0.15, 0.2) is 0 Å². The molecule has 1 aliphatic rings. The highest BCUT2D eigenvalue weighted by atomic mass is 35.5. The first-order chi connectivity index (χ1) is 9.28. The van der Waals surface area contributed by atoms with Gasteiger partial charge in [0.2, 0.25) is 0 Å². The Labute approximate surface area is 122 Å². The molecule has 1 atom stereocenters. The molecule has 1 aliphatic carbocycles. The smallest absolute Gasteiger partial charge is 0.118 e. The third-order valence-corrected chi connectivity index (χ3v) is 4.51. The average Bonchev–Trinajstić information content (AvgIpc) is 2.68. The molecule has 0 bridgehead atoms. The van der Waals surface area contributed by atoms with Crippen LogP contribution in [0.5, 0.6) is 5.75 Å². The third-order valence-electron chi connectivity index (χ3n) is 4.18. The Morgan fingerprint density at radius 2 is 1.74 bits per heavy atom. The van der Waals surface area contributed by atoms with E-state index in [1.54, 1.807) is 7.11 Å². The van der Waals surface area contributed by atoms with Crippen LogP contribution in [0.15, 0.2) is 24.3 Å².